The van der Waals surface area contributed by atoms with Crippen LogP contribution in [0, 0.1) is 0 Å². The molecule has 0 aliphatic carbocycles. The molecule has 0 aromatic carbocycles. The number of hydrogen-bond acceptors (Lipinski definition) is 3. The van der Waals surface area contributed by atoms with Gasteiger partial charge in [-0.2, -0.15) is 5.10 Å². The lowest BCUT2D eigenvalue weighted by Crippen LogP contribution is -1.91. The van der Waals surface area contributed by atoms with E-state index in [1.54, 1.807) is 17.9 Å². The van der Waals surface area contributed by atoms with Crippen LogP contribution in [0.2, 0.25) is 0 Å². The SMILES string of the molecule is Cl.Cl.Cn1cc(N)c(N)n1. The van der Waals surface area contributed by atoms with E-state index in [0.29, 0.717) is 11.5 Å². The highest BCUT2D eigenvalue weighted by atomic mass is 35.5. The lowest BCUT2D eigenvalue weighted by atomic mass is 10.5. The number of aryl methyl sites for hydroxylation is 1. The molecule has 6 heteroatoms. The highest BCUT2D eigenvalue weighted by molar-refractivity contribution is 5.85. The Hall–Kier alpha value is -0.610. The van der Waals surface area contributed by atoms with Crippen molar-refractivity contribution in [2.45, 2.75) is 0 Å². The fourth-order valence-electron chi connectivity index (χ4n) is 0.524. The van der Waals surface area contributed by atoms with Gasteiger partial charge in [-0.3, -0.25) is 4.68 Å². The number of anilines is 2. The maximum Gasteiger partial charge on any atom is 0.168 e. The molecule has 1 aromatic heterocycles. The fourth-order valence-corrected chi connectivity index (χ4v) is 0.524. The van der Waals surface area contributed by atoms with Crippen LogP contribution in [0.5, 0.6) is 0 Å². The van der Waals surface area contributed by atoms with E-state index in [0.717, 1.165) is 0 Å². The molecule has 0 atom stereocenters. The Balaban J connectivity index is 0. The largest absolute Gasteiger partial charge is 0.394 e. The summed E-state index contributed by atoms with van der Waals surface area (Å²) in [5.41, 5.74) is 11.2. The molecular formula is C4H10Cl2N4. The van der Waals surface area contributed by atoms with Gasteiger partial charge in [0.15, 0.2) is 5.82 Å². The molecule has 4 nitrogen and oxygen atoms in total. The van der Waals surface area contributed by atoms with Gasteiger partial charge in [-0.05, 0) is 0 Å². The summed E-state index contributed by atoms with van der Waals surface area (Å²) in [5, 5.41) is 3.78. The summed E-state index contributed by atoms with van der Waals surface area (Å²) in [6, 6.07) is 0. The lowest BCUT2D eigenvalue weighted by Gasteiger charge is -1.80. The third-order valence-electron chi connectivity index (χ3n) is 0.887. The second-order valence-corrected chi connectivity index (χ2v) is 1.64. The highest BCUT2D eigenvalue weighted by Crippen LogP contribution is 2.07. The van der Waals surface area contributed by atoms with Crippen molar-refractivity contribution in [2.24, 2.45) is 7.05 Å². The number of nitrogens with zero attached hydrogens (tertiary/aromatic N) is 2. The van der Waals surface area contributed by atoms with Crippen molar-refractivity contribution in [1.82, 2.24) is 9.78 Å². The smallest absolute Gasteiger partial charge is 0.168 e. The molecule has 0 saturated carbocycles. The molecule has 0 amide bonds. The molecule has 4 N–H and O–H groups in total. The van der Waals surface area contributed by atoms with Gasteiger partial charge in [0, 0.05) is 13.2 Å². The average molecular weight is 185 g/mol. The molecule has 0 aliphatic heterocycles. The lowest BCUT2D eigenvalue weighted by molar-refractivity contribution is 0.772. The van der Waals surface area contributed by atoms with Crippen LogP contribution in [0.3, 0.4) is 0 Å². The summed E-state index contributed by atoms with van der Waals surface area (Å²) in [7, 11) is 1.77. The number of rotatable bonds is 0. The minimum Gasteiger partial charge on any atom is -0.394 e. The first kappa shape index (κ1) is 12.1. The molecule has 0 unspecified atom stereocenters. The number of nitrogen functional groups attached to an aromatic ring is 2. The molecule has 60 valence electrons. The van der Waals surface area contributed by atoms with Gasteiger partial charge in [0.05, 0.1) is 5.69 Å². The topological polar surface area (TPSA) is 69.9 Å². The highest BCUT2D eigenvalue weighted by Gasteiger charge is 1.94. The van der Waals surface area contributed by atoms with Crippen molar-refractivity contribution in [2.75, 3.05) is 11.5 Å². The van der Waals surface area contributed by atoms with Crippen LogP contribution in [0.25, 0.3) is 0 Å². The first-order valence-electron chi connectivity index (χ1n) is 2.25. The van der Waals surface area contributed by atoms with Crippen LogP contribution in [-0.2, 0) is 7.05 Å². The van der Waals surface area contributed by atoms with E-state index in [2.05, 4.69) is 5.10 Å². The number of hydrogen-bond donors (Lipinski definition) is 2. The van der Waals surface area contributed by atoms with Gasteiger partial charge in [0.2, 0.25) is 0 Å². The molecule has 0 fully saturated rings. The normalized spacial score (nSPS) is 7.70. The summed E-state index contributed by atoms with van der Waals surface area (Å²) < 4.78 is 1.57. The quantitative estimate of drug-likeness (QED) is 0.615. The summed E-state index contributed by atoms with van der Waals surface area (Å²) in [5.74, 6) is 0.396. The van der Waals surface area contributed by atoms with Gasteiger partial charge in [0.25, 0.3) is 0 Å². The van der Waals surface area contributed by atoms with Crippen molar-refractivity contribution >= 4 is 36.3 Å². The van der Waals surface area contributed by atoms with Crippen LogP contribution in [0.4, 0.5) is 11.5 Å². The summed E-state index contributed by atoms with van der Waals surface area (Å²) in [4.78, 5) is 0. The summed E-state index contributed by atoms with van der Waals surface area (Å²) in [6.45, 7) is 0. The Morgan fingerprint density at radius 1 is 1.40 bits per heavy atom. The van der Waals surface area contributed by atoms with Crippen molar-refractivity contribution in [1.29, 1.82) is 0 Å². The van der Waals surface area contributed by atoms with E-state index in [-0.39, 0.29) is 24.8 Å². The molecule has 1 aromatic rings. The van der Waals surface area contributed by atoms with Gasteiger partial charge < -0.3 is 11.5 Å². The Kier molecular flexibility index (Phi) is 5.14. The van der Waals surface area contributed by atoms with Gasteiger partial charge >= 0.3 is 0 Å². The molecule has 0 spiro atoms. The van der Waals surface area contributed by atoms with E-state index in [9.17, 15) is 0 Å². The van der Waals surface area contributed by atoms with Crippen LogP contribution in [0.1, 0.15) is 0 Å². The average Bonchev–Trinajstić information content (AvgIpc) is 1.85. The van der Waals surface area contributed by atoms with Crippen molar-refractivity contribution in [3.05, 3.63) is 6.20 Å². The Labute approximate surface area is 71.4 Å². The number of aromatic nitrogens is 2. The summed E-state index contributed by atoms with van der Waals surface area (Å²) >= 11 is 0. The number of halogens is 2. The van der Waals surface area contributed by atoms with Crippen LogP contribution in [-0.4, -0.2) is 9.78 Å². The first-order valence-corrected chi connectivity index (χ1v) is 2.25. The first-order chi connectivity index (χ1) is 3.70. The molecule has 0 aliphatic rings. The molecule has 0 bridgehead atoms. The van der Waals surface area contributed by atoms with Gasteiger partial charge in [-0.25, -0.2) is 0 Å². The van der Waals surface area contributed by atoms with Crippen molar-refractivity contribution < 1.29 is 0 Å². The molecule has 0 radical (unpaired) electrons. The Morgan fingerprint density at radius 3 is 2.00 bits per heavy atom. The van der Waals surface area contributed by atoms with E-state index in [1.807, 2.05) is 0 Å². The monoisotopic (exact) mass is 184 g/mol. The minimum atomic E-state index is 0. The van der Waals surface area contributed by atoms with E-state index < -0.39 is 0 Å². The maximum atomic E-state index is 5.33. The van der Waals surface area contributed by atoms with Crippen LogP contribution >= 0.6 is 24.8 Å². The zero-order valence-corrected chi connectivity index (χ0v) is 7.08. The standard InChI is InChI=1S/C4H8N4.2ClH/c1-8-2-3(5)4(6)7-8;;/h2H,5H2,1H3,(H2,6,7);2*1H. The molecule has 1 heterocycles. The minimum absolute atomic E-state index is 0. The van der Waals surface area contributed by atoms with E-state index in [1.165, 1.54) is 0 Å². The van der Waals surface area contributed by atoms with Crippen LogP contribution < -0.4 is 11.5 Å². The van der Waals surface area contributed by atoms with Gasteiger partial charge in [0.1, 0.15) is 0 Å². The molecular weight excluding hydrogens is 175 g/mol. The molecule has 10 heavy (non-hydrogen) atoms. The second-order valence-electron chi connectivity index (χ2n) is 1.64. The predicted molar refractivity (Wildman–Crippen MR) is 46.5 cm³/mol. The van der Waals surface area contributed by atoms with E-state index in [4.69, 9.17) is 11.5 Å². The third-order valence-corrected chi connectivity index (χ3v) is 0.887. The molecule has 1 rings (SSSR count). The maximum absolute atomic E-state index is 5.33. The molecule has 0 saturated heterocycles. The Morgan fingerprint density at radius 2 is 1.90 bits per heavy atom. The van der Waals surface area contributed by atoms with Crippen molar-refractivity contribution in [3.8, 4) is 0 Å². The zero-order chi connectivity index (χ0) is 6.15. The predicted octanol–water partition coefficient (Wildman–Crippen LogP) is 0.428. The second kappa shape index (κ2) is 4.24. The van der Waals surface area contributed by atoms with Crippen LogP contribution in [0.15, 0.2) is 6.20 Å². The Bertz CT molecular complexity index is 178. The summed E-state index contributed by atoms with van der Waals surface area (Å²) in [6.07, 6.45) is 1.66. The number of nitrogens with two attached hydrogens (primary N) is 2. The van der Waals surface area contributed by atoms with Gasteiger partial charge in [-0.1, -0.05) is 0 Å². The van der Waals surface area contributed by atoms with Gasteiger partial charge in [-0.15, -0.1) is 24.8 Å². The van der Waals surface area contributed by atoms with Crippen molar-refractivity contribution in [3.63, 3.8) is 0 Å². The third kappa shape index (κ3) is 2.33. The van der Waals surface area contributed by atoms with E-state index >= 15 is 0 Å². The zero-order valence-electron chi connectivity index (χ0n) is 5.44. The fraction of sp³-hybridized carbons (Fsp3) is 0.250.